The molecule has 1 amide bonds. The van der Waals surface area contributed by atoms with Crippen molar-refractivity contribution in [2.45, 2.75) is 17.9 Å². The predicted molar refractivity (Wildman–Crippen MR) is 106 cm³/mol. The van der Waals surface area contributed by atoms with Crippen LogP contribution >= 0.6 is 34.8 Å². The van der Waals surface area contributed by atoms with Crippen molar-refractivity contribution in [2.75, 3.05) is 5.43 Å². The lowest BCUT2D eigenvalue weighted by Crippen LogP contribution is -2.37. The van der Waals surface area contributed by atoms with E-state index in [9.17, 15) is 13.2 Å². The SMILES string of the molecule is C[C@H](N=C1NS(=O)(=O)c2ccccc21)C(=O)NNc1c(Cl)cc(Cl)cc1Cl. The van der Waals surface area contributed by atoms with Gasteiger partial charge in [-0.05, 0) is 31.2 Å². The number of amides is 1. The Labute approximate surface area is 170 Å². The highest BCUT2D eigenvalue weighted by molar-refractivity contribution is 7.90. The molecule has 0 aromatic heterocycles. The van der Waals surface area contributed by atoms with Gasteiger partial charge in [-0.25, -0.2) is 8.42 Å². The Hall–Kier alpha value is -2.00. The molecule has 3 rings (SSSR count). The second-order valence-corrected chi connectivity index (χ2v) is 8.52. The van der Waals surface area contributed by atoms with E-state index in [0.29, 0.717) is 10.6 Å². The van der Waals surface area contributed by atoms with E-state index in [-0.39, 0.29) is 26.5 Å². The zero-order chi connectivity index (χ0) is 19.8. The van der Waals surface area contributed by atoms with Crippen molar-refractivity contribution in [3.63, 3.8) is 0 Å². The number of carbonyl (C=O) groups is 1. The molecule has 27 heavy (non-hydrogen) atoms. The normalized spacial score (nSPS) is 17.1. The summed E-state index contributed by atoms with van der Waals surface area (Å²) in [5, 5.41) is 0.808. The molecule has 1 heterocycles. The molecule has 142 valence electrons. The van der Waals surface area contributed by atoms with Crippen LogP contribution in [0.2, 0.25) is 15.1 Å². The number of hydrogen-bond donors (Lipinski definition) is 3. The smallest absolute Gasteiger partial charge is 0.263 e. The average Bonchev–Trinajstić information content (AvgIpc) is 2.84. The number of halogens is 3. The van der Waals surface area contributed by atoms with Gasteiger partial charge in [0.2, 0.25) is 0 Å². The first kappa shape index (κ1) is 19.8. The highest BCUT2D eigenvalue weighted by Crippen LogP contribution is 2.33. The number of amidine groups is 1. The van der Waals surface area contributed by atoms with E-state index in [1.807, 2.05) is 0 Å². The molecular weight excluding hydrogens is 435 g/mol. The summed E-state index contributed by atoms with van der Waals surface area (Å²) in [4.78, 5) is 16.6. The minimum absolute atomic E-state index is 0.107. The van der Waals surface area contributed by atoms with Crippen molar-refractivity contribution in [3.05, 3.63) is 57.0 Å². The first-order valence-electron chi connectivity index (χ1n) is 7.59. The van der Waals surface area contributed by atoms with Crippen LogP contribution in [0.25, 0.3) is 0 Å². The first-order valence-corrected chi connectivity index (χ1v) is 10.2. The number of rotatable bonds is 4. The lowest BCUT2D eigenvalue weighted by Gasteiger charge is -2.14. The van der Waals surface area contributed by atoms with Gasteiger partial charge >= 0.3 is 0 Å². The van der Waals surface area contributed by atoms with Crippen LogP contribution in [0.4, 0.5) is 5.69 Å². The fourth-order valence-electron chi connectivity index (χ4n) is 2.37. The zero-order valence-electron chi connectivity index (χ0n) is 13.8. The Morgan fingerprint density at radius 1 is 1.15 bits per heavy atom. The van der Waals surface area contributed by atoms with Crippen LogP contribution in [0.1, 0.15) is 12.5 Å². The van der Waals surface area contributed by atoms with Gasteiger partial charge in [-0.2, -0.15) is 0 Å². The van der Waals surface area contributed by atoms with E-state index < -0.39 is 22.0 Å². The summed E-state index contributed by atoms with van der Waals surface area (Å²) in [6.45, 7) is 1.52. The van der Waals surface area contributed by atoms with E-state index in [0.717, 1.165) is 0 Å². The molecule has 1 aliphatic heterocycles. The number of hydrazine groups is 1. The standard InChI is InChI=1S/C16H13Cl3N4O3S/c1-8(16(24)22-21-14-11(18)6-9(17)7-12(14)19)20-15-10-4-2-3-5-13(10)27(25,26)23-15/h2-8,21H,1H3,(H,20,23)(H,22,24)/t8-/m0/s1. The fraction of sp³-hybridized carbons (Fsp3) is 0.125. The number of hydrogen-bond acceptors (Lipinski definition) is 5. The summed E-state index contributed by atoms with van der Waals surface area (Å²) in [5.74, 6) is -0.413. The summed E-state index contributed by atoms with van der Waals surface area (Å²) in [7, 11) is -3.67. The molecule has 1 aliphatic rings. The Morgan fingerprint density at radius 2 is 1.78 bits per heavy atom. The maximum absolute atomic E-state index is 12.3. The van der Waals surface area contributed by atoms with Crippen LogP contribution < -0.4 is 15.6 Å². The molecule has 0 spiro atoms. The van der Waals surface area contributed by atoms with Gasteiger partial charge in [-0.1, -0.05) is 46.9 Å². The largest absolute Gasteiger partial charge is 0.296 e. The van der Waals surface area contributed by atoms with Crippen molar-refractivity contribution in [1.82, 2.24) is 10.1 Å². The van der Waals surface area contributed by atoms with Crippen molar-refractivity contribution in [3.8, 4) is 0 Å². The minimum atomic E-state index is -3.67. The van der Waals surface area contributed by atoms with Crippen molar-refractivity contribution in [1.29, 1.82) is 0 Å². The number of carbonyl (C=O) groups excluding carboxylic acids is 1. The quantitative estimate of drug-likeness (QED) is 0.627. The van der Waals surface area contributed by atoms with Gasteiger partial charge in [-0.15, -0.1) is 0 Å². The molecule has 3 N–H and O–H groups in total. The number of sulfonamides is 1. The van der Waals surface area contributed by atoms with Gasteiger partial charge in [0, 0.05) is 10.6 Å². The van der Waals surface area contributed by atoms with Crippen LogP contribution in [0.15, 0.2) is 46.3 Å². The molecule has 0 bridgehead atoms. The third kappa shape index (κ3) is 4.14. The molecule has 0 saturated heterocycles. The number of anilines is 1. The first-order chi connectivity index (χ1) is 12.7. The van der Waals surface area contributed by atoms with Gasteiger partial charge in [0.25, 0.3) is 15.9 Å². The maximum Gasteiger partial charge on any atom is 0.263 e. The van der Waals surface area contributed by atoms with E-state index in [1.165, 1.54) is 25.1 Å². The van der Waals surface area contributed by atoms with Crippen LogP contribution in [-0.2, 0) is 14.8 Å². The molecule has 0 radical (unpaired) electrons. The summed E-state index contributed by atoms with van der Waals surface area (Å²) in [5.41, 5.74) is 5.74. The van der Waals surface area contributed by atoms with E-state index in [4.69, 9.17) is 34.8 Å². The molecule has 11 heteroatoms. The van der Waals surface area contributed by atoms with Gasteiger partial charge in [0.15, 0.2) is 0 Å². The van der Waals surface area contributed by atoms with Crippen LogP contribution in [0.5, 0.6) is 0 Å². The van der Waals surface area contributed by atoms with Crippen LogP contribution in [0.3, 0.4) is 0 Å². The lowest BCUT2D eigenvalue weighted by molar-refractivity contribution is -0.121. The zero-order valence-corrected chi connectivity index (χ0v) is 16.8. The molecule has 0 fully saturated rings. The average molecular weight is 448 g/mol. The van der Waals surface area contributed by atoms with Gasteiger partial charge < -0.3 is 0 Å². The maximum atomic E-state index is 12.3. The molecule has 2 aromatic carbocycles. The minimum Gasteiger partial charge on any atom is -0.296 e. The van der Waals surface area contributed by atoms with E-state index in [1.54, 1.807) is 18.2 Å². The topological polar surface area (TPSA) is 99.7 Å². The van der Waals surface area contributed by atoms with Gasteiger partial charge in [0.05, 0.1) is 20.6 Å². The number of aliphatic imine (C=N–C) groups is 1. The molecule has 0 saturated carbocycles. The van der Waals surface area contributed by atoms with Crippen LogP contribution in [0, 0.1) is 0 Å². The van der Waals surface area contributed by atoms with Crippen molar-refractivity contribution in [2.24, 2.45) is 4.99 Å². The van der Waals surface area contributed by atoms with Crippen LogP contribution in [-0.4, -0.2) is 26.2 Å². The second-order valence-electron chi connectivity index (χ2n) is 5.61. The third-order valence-corrected chi connectivity index (χ3v) is 5.89. The Bertz CT molecular complexity index is 1030. The molecular formula is C16H13Cl3N4O3S. The summed E-state index contributed by atoms with van der Waals surface area (Å²) >= 11 is 17.9. The van der Waals surface area contributed by atoms with E-state index >= 15 is 0 Å². The molecule has 0 unspecified atom stereocenters. The van der Waals surface area contributed by atoms with Crippen molar-refractivity contribution >= 4 is 62.3 Å². The Kier molecular flexibility index (Phi) is 5.53. The number of nitrogens with one attached hydrogen (secondary N) is 3. The summed E-state index contributed by atoms with van der Waals surface area (Å²) in [6, 6.07) is 8.42. The monoisotopic (exact) mass is 446 g/mol. The Balaban J connectivity index is 1.75. The van der Waals surface area contributed by atoms with Crippen molar-refractivity contribution < 1.29 is 13.2 Å². The fourth-order valence-corrected chi connectivity index (χ4v) is 4.52. The van der Waals surface area contributed by atoms with Gasteiger partial charge in [0.1, 0.15) is 11.9 Å². The Morgan fingerprint density at radius 3 is 2.44 bits per heavy atom. The number of fused-ring (bicyclic) bond motifs is 1. The second kappa shape index (κ2) is 7.55. The molecule has 0 aliphatic carbocycles. The summed E-state index contributed by atoms with van der Waals surface area (Å²) < 4.78 is 26.5. The predicted octanol–water partition coefficient (Wildman–Crippen LogP) is 3.22. The highest BCUT2D eigenvalue weighted by Gasteiger charge is 2.31. The summed E-state index contributed by atoms with van der Waals surface area (Å²) in [6.07, 6.45) is 0. The molecule has 1 atom stereocenters. The molecule has 2 aromatic rings. The number of nitrogens with zero attached hydrogens (tertiary/aromatic N) is 1. The third-order valence-electron chi connectivity index (χ3n) is 3.68. The highest BCUT2D eigenvalue weighted by atomic mass is 35.5. The van der Waals surface area contributed by atoms with Gasteiger partial charge in [-0.3, -0.25) is 25.4 Å². The lowest BCUT2D eigenvalue weighted by atomic mass is 10.2. The molecule has 7 nitrogen and oxygen atoms in total. The van der Waals surface area contributed by atoms with E-state index in [2.05, 4.69) is 20.6 Å². The number of benzene rings is 2.